The maximum atomic E-state index is 6.11. The van der Waals surface area contributed by atoms with Crippen molar-refractivity contribution in [3.8, 4) is 0 Å². The Balaban J connectivity index is 2.10. The molecule has 0 aromatic heterocycles. The van der Waals surface area contributed by atoms with Crippen LogP contribution in [0.5, 0.6) is 0 Å². The summed E-state index contributed by atoms with van der Waals surface area (Å²) >= 11 is 0. The highest BCUT2D eigenvalue weighted by Gasteiger charge is 2.28. The Kier molecular flexibility index (Phi) is 8.59. The van der Waals surface area contributed by atoms with E-state index in [9.17, 15) is 0 Å². The average Bonchev–Trinajstić information content (AvgIpc) is 2.37. The zero-order valence-electron chi connectivity index (χ0n) is 11.9. The molecule has 0 saturated heterocycles. The van der Waals surface area contributed by atoms with Gasteiger partial charge in [-0.2, -0.15) is 0 Å². The van der Waals surface area contributed by atoms with Crippen LogP contribution < -0.4 is 5.73 Å². The Morgan fingerprint density at radius 3 is 2.61 bits per heavy atom. The Morgan fingerprint density at radius 2 is 1.89 bits per heavy atom. The van der Waals surface area contributed by atoms with E-state index in [2.05, 4.69) is 6.92 Å². The van der Waals surface area contributed by atoms with Gasteiger partial charge in [-0.1, -0.05) is 19.8 Å². The Bertz CT molecular complexity index is 201. The lowest BCUT2D eigenvalue weighted by Gasteiger charge is -2.34. The van der Waals surface area contributed by atoms with Crippen molar-refractivity contribution in [2.75, 3.05) is 33.5 Å². The smallest absolute Gasteiger partial charge is 0.0729 e. The summed E-state index contributed by atoms with van der Waals surface area (Å²) in [6.07, 6.45) is 6.26. The fourth-order valence-electron chi connectivity index (χ4n) is 2.60. The molecular formula is C14H29NO3. The van der Waals surface area contributed by atoms with Gasteiger partial charge in [0.1, 0.15) is 0 Å². The molecule has 3 atom stereocenters. The highest BCUT2D eigenvalue weighted by molar-refractivity contribution is 4.83. The number of methoxy groups -OCH3 is 1. The van der Waals surface area contributed by atoms with Crippen LogP contribution in [-0.2, 0) is 14.2 Å². The van der Waals surface area contributed by atoms with Gasteiger partial charge in [0, 0.05) is 13.2 Å². The molecule has 0 spiro atoms. The highest BCUT2D eigenvalue weighted by atomic mass is 16.5. The highest BCUT2D eigenvalue weighted by Crippen LogP contribution is 2.28. The number of nitrogens with two attached hydrogens (primary N) is 1. The summed E-state index contributed by atoms with van der Waals surface area (Å²) in [7, 11) is 1.68. The second kappa shape index (κ2) is 9.73. The van der Waals surface area contributed by atoms with Crippen LogP contribution in [-0.4, -0.2) is 45.7 Å². The van der Waals surface area contributed by atoms with E-state index in [1.807, 2.05) is 0 Å². The lowest BCUT2D eigenvalue weighted by atomic mass is 9.82. The molecule has 1 fully saturated rings. The molecule has 4 nitrogen and oxygen atoms in total. The minimum Gasteiger partial charge on any atom is -0.382 e. The first-order valence-corrected chi connectivity index (χ1v) is 7.21. The molecule has 2 N–H and O–H groups in total. The summed E-state index contributed by atoms with van der Waals surface area (Å²) in [5.74, 6) is 0.800. The number of ether oxygens (including phenoxy) is 3. The second-order valence-electron chi connectivity index (χ2n) is 5.15. The summed E-state index contributed by atoms with van der Waals surface area (Å²) in [6.45, 7) is 4.79. The van der Waals surface area contributed by atoms with E-state index in [-0.39, 0.29) is 12.1 Å². The van der Waals surface area contributed by atoms with Crippen LogP contribution in [0.15, 0.2) is 0 Å². The summed E-state index contributed by atoms with van der Waals surface area (Å²) < 4.78 is 16.2. The second-order valence-corrected chi connectivity index (χ2v) is 5.15. The topological polar surface area (TPSA) is 53.7 Å². The third kappa shape index (κ3) is 6.14. The first-order chi connectivity index (χ1) is 8.77. The number of rotatable bonds is 9. The molecular weight excluding hydrogens is 230 g/mol. The number of hydrogen-bond donors (Lipinski definition) is 1. The molecule has 0 heterocycles. The Morgan fingerprint density at radius 1 is 1.11 bits per heavy atom. The molecule has 0 aromatic rings. The molecule has 1 aliphatic rings. The Hall–Kier alpha value is -0.160. The normalized spacial score (nSPS) is 28.5. The molecule has 0 radical (unpaired) electrons. The van der Waals surface area contributed by atoms with Gasteiger partial charge >= 0.3 is 0 Å². The van der Waals surface area contributed by atoms with Gasteiger partial charge in [-0.15, -0.1) is 0 Å². The third-order valence-corrected chi connectivity index (χ3v) is 3.64. The van der Waals surface area contributed by atoms with Crippen LogP contribution in [0, 0.1) is 5.92 Å². The molecule has 1 rings (SSSR count). The van der Waals surface area contributed by atoms with Crippen molar-refractivity contribution in [2.24, 2.45) is 11.7 Å². The van der Waals surface area contributed by atoms with Gasteiger partial charge in [-0.25, -0.2) is 0 Å². The van der Waals surface area contributed by atoms with Crippen molar-refractivity contribution >= 4 is 0 Å². The first-order valence-electron chi connectivity index (χ1n) is 7.21. The molecule has 18 heavy (non-hydrogen) atoms. The van der Waals surface area contributed by atoms with Crippen molar-refractivity contribution < 1.29 is 14.2 Å². The first kappa shape index (κ1) is 15.9. The van der Waals surface area contributed by atoms with Crippen LogP contribution in [0.3, 0.4) is 0 Å². The minimum atomic E-state index is 0.206. The van der Waals surface area contributed by atoms with Gasteiger partial charge in [0.25, 0.3) is 0 Å². The Labute approximate surface area is 111 Å². The zero-order valence-corrected chi connectivity index (χ0v) is 11.9. The standard InChI is InChI=1S/C14H29NO3/c1-3-4-12-5-6-13(15)14(11-12)18-10-9-17-8-7-16-2/h12-14H,3-11,15H2,1-2H3. The third-order valence-electron chi connectivity index (χ3n) is 3.64. The fourth-order valence-corrected chi connectivity index (χ4v) is 2.60. The lowest BCUT2D eigenvalue weighted by Crippen LogP contribution is -2.42. The summed E-state index contributed by atoms with van der Waals surface area (Å²) in [5.41, 5.74) is 6.11. The van der Waals surface area contributed by atoms with Crippen LogP contribution in [0.25, 0.3) is 0 Å². The van der Waals surface area contributed by atoms with Crippen molar-refractivity contribution in [1.29, 1.82) is 0 Å². The van der Waals surface area contributed by atoms with E-state index < -0.39 is 0 Å². The largest absolute Gasteiger partial charge is 0.382 e. The summed E-state index contributed by atoms with van der Waals surface area (Å²) in [6, 6.07) is 0.206. The predicted octanol–water partition coefficient (Wildman–Crippen LogP) is 1.96. The molecule has 1 aliphatic carbocycles. The molecule has 0 amide bonds. The van der Waals surface area contributed by atoms with E-state index in [4.69, 9.17) is 19.9 Å². The molecule has 3 unspecified atom stereocenters. The van der Waals surface area contributed by atoms with Gasteiger partial charge < -0.3 is 19.9 Å². The molecule has 0 aliphatic heterocycles. The SMILES string of the molecule is CCCC1CCC(N)C(OCCOCCOC)C1. The van der Waals surface area contributed by atoms with Gasteiger partial charge in [0.15, 0.2) is 0 Å². The van der Waals surface area contributed by atoms with Crippen LogP contribution >= 0.6 is 0 Å². The predicted molar refractivity (Wildman–Crippen MR) is 72.7 cm³/mol. The van der Waals surface area contributed by atoms with Gasteiger partial charge in [-0.3, -0.25) is 0 Å². The van der Waals surface area contributed by atoms with Gasteiger partial charge in [-0.05, 0) is 25.2 Å². The zero-order chi connectivity index (χ0) is 13.2. The maximum Gasteiger partial charge on any atom is 0.0729 e. The van der Waals surface area contributed by atoms with Gasteiger partial charge in [0.05, 0.1) is 32.5 Å². The summed E-state index contributed by atoms with van der Waals surface area (Å²) in [4.78, 5) is 0. The molecule has 4 heteroatoms. The van der Waals surface area contributed by atoms with E-state index in [0.29, 0.717) is 26.4 Å². The van der Waals surface area contributed by atoms with E-state index >= 15 is 0 Å². The van der Waals surface area contributed by atoms with Crippen molar-refractivity contribution in [1.82, 2.24) is 0 Å². The van der Waals surface area contributed by atoms with Crippen molar-refractivity contribution in [3.05, 3.63) is 0 Å². The lowest BCUT2D eigenvalue weighted by molar-refractivity contribution is -0.0352. The quantitative estimate of drug-likeness (QED) is 0.643. The molecule has 0 bridgehead atoms. The molecule has 0 aromatic carbocycles. The minimum absolute atomic E-state index is 0.206. The molecule has 108 valence electrons. The van der Waals surface area contributed by atoms with Crippen LogP contribution in [0.1, 0.15) is 39.0 Å². The van der Waals surface area contributed by atoms with E-state index in [1.165, 1.54) is 19.3 Å². The van der Waals surface area contributed by atoms with Crippen molar-refractivity contribution in [2.45, 2.75) is 51.2 Å². The van der Waals surface area contributed by atoms with E-state index in [1.54, 1.807) is 7.11 Å². The maximum absolute atomic E-state index is 6.11. The fraction of sp³-hybridized carbons (Fsp3) is 1.00. The van der Waals surface area contributed by atoms with E-state index in [0.717, 1.165) is 18.8 Å². The monoisotopic (exact) mass is 259 g/mol. The molecule has 1 saturated carbocycles. The van der Waals surface area contributed by atoms with Crippen molar-refractivity contribution in [3.63, 3.8) is 0 Å². The van der Waals surface area contributed by atoms with Crippen LogP contribution in [0.2, 0.25) is 0 Å². The van der Waals surface area contributed by atoms with Gasteiger partial charge in [0.2, 0.25) is 0 Å². The van der Waals surface area contributed by atoms with Crippen LogP contribution in [0.4, 0.5) is 0 Å². The number of hydrogen-bond acceptors (Lipinski definition) is 4. The summed E-state index contributed by atoms with van der Waals surface area (Å²) in [5, 5.41) is 0. The average molecular weight is 259 g/mol.